The van der Waals surface area contributed by atoms with Crippen molar-refractivity contribution >= 4 is 28.4 Å². The van der Waals surface area contributed by atoms with Crippen LogP contribution < -0.4 is 9.47 Å². The van der Waals surface area contributed by atoms with Crippen LogP contribution in [0.2, 0.25) is 0 Å². The smallest absolute Gasteiger partial charge is 0.344 e. The van der Waals surface area contributed by atoms with Crippen LogP contribution >= 0.6 is 0 Å². The van der Waals surface area contributed by atoms with E-state index in [0.717, 1.165) is 16.5 Å². The van der Waals surface area contributed by atoms with Crippen LogP contribution in [0.15, 0.2) is 72.8 Å². The molecule has 7 nitrogen and oxygen atoms in total. The number of carbonyl (C=O) groups excluding carboxylic acids is 3. The quantitative estimate of drug-likeness (QED) is 0.285. The average Bonchev–Trinajstić information content (AvgIpc) is 3.26. The number of aromatic amines is 1. The van der Waals surface area contributed by atoms with Crippen LogP contribution in [0.4, 0.5) is 0 Å². The van der Waals surface area contributed by atoms with E-state index in [1.807, 2.05) is 54.6 Å². The zero-order valence-electron chi connectivity index (χ0n) is 18.8. The lowest BCUT2D eigenvalue weighted by atomic mass is 10.0. The highest BCUT2D eigenvalue weighted by Crippen LogP contribution is 2.31. The Morgan fingerprint density at radius 1 is 0.853 bits per heavy atom. The van der Waals surface area contributed by atoms with Crippen molar-refractivity contribution in [2.75, 3.05) is 20.3 Å². The lowest BCUT2D eigenvalue weighted by Crippen LogP contribution is -2.20. The van der Waals surface area contributed by atoms with Crippen molar-refractivity contribution in [2.24, 2.45) is 0 Å². The van der Waals surface area contributed by atoms with Gasteiger partial charge in [0.1, 0.15) is 0 Å². The van der Waals surface area contributed by atoms with Crippen molar-refractivity contribution < 1.29 is 28.6 Å². The predicted octanol–water partition coefficient (Wildman–Crippen LogP) is 4.85. The van der Waals surface area contributed by atoms with Crippen LogP contribution in [0.3, 0.4) is 0 Å². The van der Waals surface area contributed by atoms with Crippen LogP contribution in [0, 0.1) is 0 Å². The minimum atomic E-state index is -0.702. The zero-order chi connectivity index (χ0) is 24.1. The van der Waals surface area contributed by atoms with Gasteiger partial charge >= 0.3 is 5.97 Å². The van der Waals surface area contributed by atoms with E-state index in [9.17, 15) is 14.4 Å². The maximum Gasteiger partial charge on any atom is 0.344 e. The summed E-state index contributed by atoms with van der Waals surface area (Å²) in [6.45, 7) is 0.605. The molecule has 0 atom stereocenters. The Bertz CT molecular complexity index is 1360. The maximum atomic E-state index is 13.1. The molecule has 0 amide bonds. The summed E-state index contributed by atoms with van der Waals surface area (Å²) in [6.07, 6.45) is 0. The normalized spacial score (nSPS) is 10.6. The minimum absolute atomic E-state index is 0.116. The molecule has 7 heteroatoms. The van der Waals surface area contributed by atoms with Gasteiger partial charge in [0.05, 0.1) is 18.4 Å². The van der Waals surface area contributed by atoms with Crippen molar-refractivity contribution in [2.45, 2.75) is 6.92 Å². The van der Waals surface area contributed by atoms with Gasteiger partial charge in [-0.1, -0.05) is 48.5 Å². The van der Waals surface area contributed by atoms with Gasteiger partial charge in [-0.2, -0.15) is 0 Å². The molecular formula is C27H23NO6. The Morgan fingerprint density at radius 2 is 1.59 bits per heavy atom. The molecule has 0 unspecified atom stereocenters. The average molecular weight is 457 g/mol. The van der Waals surface area contributed by atoms with Crippen molar-refractivity contribution in [1.82, 2.24) is 4.98 Å². The van der Waals surface area contributed by atoms with E-state index in [4.69, 9.17) is 14.2 Å². The standard InChI is InChI=1S/C27H23NO6/c1-17(29)19-12-13-23(24(14-19)32-2)33-16-25(31)34-15-22(30)26-20-10-6-7-11-21(20)28-27(26)18-8-4-3-5-9-18/h3-14,28H,15-16H2,1-2H3. The fourth-order valence-electron chi connectivity index (χ4n) is 3.66. The number of ketones is 2. The number of aromatic nitrogens is 1. The number of Topliss-reactive ketones (excluding diaryl/α,β-unsaturated/α-hetero) is 2. The Kier molecular flexibility index (Phi) is 6.73. The maximum absolute atomic E-state index is 13.1. The number of benzene rings is 3. The molecular weight excluding hydrogens is 434 g/mol. The summed E-state index contributed by atoms with van der Waals surface area (Å²) in [7, 11) is 1.44. The van der Waals surface area contributed by atoms with Gasteiger partial charge in [0.25, 0.3) is 0 Å². The molecule has 4 rings (SSSR count). The molecule has 0 fully saturated rings. The largest absolute Gasteiger partial charge is 0.493 e. The number of nitrogens with one attached hydrogen (secondary N) is 1. The minimum Gasteiger partial charge on any atom is -0.493 e. The van der Waals surface area contributed by atoms with Gasteiger partial charge in [0.15, 0.2) is 30.5 Å². The Balaban J connectivity index is 1.45. The van der Waals surface area contributed by atoms with Gasteiger partial charge in [-0.25, -0.2) is 4.79 Å². The molecule has 0 saturated carbocycles. The zero-order valence-corrected chi connectivity index (χ0v) is 18.8. The number of hydrogen-bond acceptors (Lipinski definition) is 6. The van der Waals surface area contributed by atoms with E-state index < -0.39 is 19.2 Å². The van der Waals surface area contributed by atoms with Crippen molar-refractivity contribution in [1.29, 1.82) is 0 Å². The highest BCUT2D eigenvalue weighted by atomic mass is 16.6. The van der Waals surface area contributed by atoms with Gasteiger partial charge in [-0.15, -0.1) is 0 Å². The van der Waals surface area contributed by atoms with E-state index in [0.29, 0.717) is 28.3 Å². The monoisotopic (exact) mass is 457 g/mol. The summed E-state index contributed by atoms with van der Waals surface area (Å²) in [5, 5.41) is 0.758. The Morgan fingerprint density at radius 3 is 2.32 bits per heavy atom. The first-order valence-electron chi connectivity index (χ1n) is 10.6. The van der Waals surface area contributed by atoms with E-state index in [-0.39, 0.29) is 11.6 Å². The molecule has 0 spiro atoms. The number of hydrogen-bond donors (Lipinski definition) is 1. The number of esters is 1. The third kappa shape index (κ3) is 4.83. The van der Waals surface area contributed by atoms with Crippen LogP contribution in [-0.2, 0) is 9.53 Å². The van der Waals surface area contributed by atoms with E-state index >= 15 is 0 Å². The van der Waals surface area contributed by atoms with E-state index in [1.54, 1.807) is 12.1 Å². The van der Waals surface area contributed by atoms with Gasteiger partial charge in [-0.05, 0) is 36.8 Å². The SMILES string of the molecule is COc1cc(C(C)=O)ccc1OCC(=O)OCC(=O)c1c(-c2ccccc2)[nH]c2ccccc12. The third-order valence-electron chi connectivity index (χ3n) is 5.33. The summed E-state index contributed by atoms with van der Waals surface area (Å²) in [5.74, 6) is -0.531. The first-order chi connectivity index (χ1) is 16.5. The fraction of sp³-hybridized carbons (Fsp3) is 0.148. The van der Waals surface area contributed by atoms with Gasteiger partial charge in [0, 0.05) is 16.5 Å². The van der Waals surface area contributed by atoms with Gasteiger partial charge in [0.2, 0.25) is 5.78 Å². The number of para-hydroxylation sites is 1. The molecule has 3 aromatic carbocycles. The number of fused-ring (bicyclic) bond motifs is 1. The lowest BCUT2D eigenvalue weighted by molar-refractivity contribution is -0.144. The predicted molar refractivity (Wildman–Crippen MR) is 128 cm³/mol. The second-order valence-corrected chi connectivity index (χ2v) is 7.58. The van der Waals surface area contributed by atoms with Crippen LogP contribution in [0.5, 0.6) is 11.5 Å². The molecule has 4 aromatic rings. The molecule has 0 saturated heterocycles. The summed E-state index contributed by atoms with van der Waals surface area (Å²) >= 11 is 0. The number of ether oxygens (including phenoxy) is 3. The molecule has 1 heterocycles. The number of H-pyrrole nitrogens is 1. The molecule has 0 aliphatic rings. The molecule has 0 radical (unpaired) electrons. The summed E-state index contributed by atoms with van der Waals surface area (Å²) in [4.78, 5) is 40.2. The molecule has 0 bridgehead atoms. The molecule has 1 N–H and O–H groups in total. The fourth-order valence-corrected chi connectivity index (χ4v) is 3.66. The Hall–Kier alpha value is -4.39. The first kappa shape index (κ1) is 22.8. The molecule has 0 aliphatic carbocycles. The lowest BCUT2D eigenvalue weighted by Gasteiger charge is -2.11. The van der Waals surface area contributed by atoms with Crippen LogP contribution in [0.1, 0.15) is 27.6 Å². The number of carbonyl (C=O) groups is 3. The summed E-state index contributed by atoms with van der Waals surface area (Å²) in [5.41, 5.74) is 3.29. The van der Waals surface area contributed by atoms with Crippen molar-refractivity contribution in [3.63, 3.8) is 0 Å². The van der Waals surface area contributed by atoms with Crippen molar-refractivity contribution in [3.05, 3.63) is 83.9 Å². The molecule has 34 heavy (non-hydrogen) atoms. The molecule has 1 aromatic heterocycles. The molecule has 0 aliphatic heterocycles. The highest BCUT2D eigenvalue weighted by Gasteiger charge is 2.21. The topological polar surface area (TPSA) is 94.7 Å². The van der Waals surface area contributed by atoms with Gasteiger partial charge < -0.3 is 19.2 Å². The van der Waals surface area contributed by atoms with Gasteiger partial charge in [-0.3, -0.25) is 9.59 Å². The Labute approximate surface area is 196 Å². The third-order valence-corrected chi connectivity index (χ3v) is 5.33. The van der Waals surface area contributed by atoms with Crippen molar-refractivity contribution in [3.8, 4) is 22.8 Å². The summed E-state index contributed by atoms with van der Waals surface area (Å²) in [6, 6.07) is 21.7. The first-order valence-corrected chi connectivity index (χ1v) is 10.6. The second-order valence-electron chi connectivity index (χ2n) is 7.58. The number of methoxy groups -OCH3 is 1. The second kappa shape index (κ2) is 10.0. The summed E-state index contributed by atoms with van der Waals surface area (Å²) < 4.78 is 15.9. The van der Waals surface area contributed by atoms with Crippen LogP contribution in [-0.4, -0.2) is 42.8 Å². The highest BCUT2D eigenvalue weighted by molar-refractivity contribution is 6.14. The van der Waals surface area contributed by atoms with E-state index in [1.165, 1.54) is 20.1 Å². The van der Waals surface area contributed by atoms with Crippen LogP contribution in [0.25, 0.3) is 22.2 Å². The molecule has 172 valence electrons. The van der Waals surface area contributed by atoms with E-state index in [2.05, 4.69) is 4.98 Å². The number of rotatable bonds is 9.